The maximum Gasteiger partial charge on any atom is 0.119 e. The molecule has 4 nitrogen and oxygen atoms in total. The third-order valence-electron chi connectivity index (χ3n) is 2.06. The summed E-state index contributed by atoms with van der Waals surface area (Å²) in [6.07, 6.45) is 0. The third-order valence-corrected chi connectivity index (χ3v) is 2.06. The average Bonchev–Trinajstić information content (AvgIpc) is 2.18. The highest BCUT2D eigenvalue weighted by Gasteiger charge is 2.23. The highest BCUT2D eigenvalue weighted by Crippen LogP contribution is 2.24. The molecule has 1 aromatic carbocycles. The average molecular weight is 197 g/mol. The lowest BCUT2D eigenvalue weighted by molar-refractivity contribution is -0.0388. The fourth-order valence-corrected chi connectivity index (χ4v) is 1.20. The van der Waals surface area contributed by atoms with Crippen LogP contribution in [0.25, 0.3) is 0 Å². The molecule has 0 saturated heterocycles. The van der Waals surface area contributed by atoms with Crippen LogP contribution >= 0.6 is 0 Å². The molecular formula is C10H15NO3. The van der Waals surface area contributed by atoms with Crippen molar-refractivity contribution in [2.24, 2.45) is 5.90 Å². The van der Waals surface area contributed by atoms with Crippen LogP contribution in [0.1, 0.15) is 12.5 Å². The molecule has 0 amide bonds. The molecule has 78 valence electrons. The molecule has 0 aliphatic heterocycles. The van der Waals surface area contributed by atoms with E-state index < -0.39 is 5.60 Å². The van der Waals surface area contributed by atoms with Crippen molar-refractivity contribution in [2.75, 3.05) is 13.7 Å². The minimum Gasteiger partial charge on any atom is -0.497 e. The second-order valence-corrected chi connectivity index (χ2v) is 3.32. The summed E-state index contributed by atoms with van der Waals surface area (Å²) in [6.45, 7) is 1.68. The lowest BCUT2D eigenvalue weighted by Crippen LogP contribution is -2.29. The van der Waals surface area contributed by atoms with Gasteiger partial charge >= 0.3 is 0 Å². The number of nitrogens with two attached hydrogens (primary N) is 1. The largest absolute Gasteiger partial charge is 0.497 e. The number of methoxy groups -OCH3 is 1. The Kier molecular flexibility index (Phi) is 3.46. The molecule has 14 heavy (non-hydrogen) atoms. The van der Waals surface area contributed by atoms with Crippen LogP contribution in [-0.4, -0.2) is 18.8 Å². The van der Waals surface area contributed by atoms with Crippen LogP contribution in [0.5, 0.6) is 5.75 Å². The molecule has 0 saturated carbocycles. The zero-order valence-corrected chi connectivity index (χ0v) is 8.36. The van der Waals surface area contributed by atoms with Crippen molar-refractivity contribution in [3.05, 3.63) is 29.8 Å². The lowest BCUT2D eigenvalue weighted by atomic mass is 9.97. The zero-order valence-electron chi connectivity index (χ0n) is 8.36. The van der Waals surface area contributed by atoms with E-state index in [0.717, 1.165) is 0 Å². The lowest BCUT2D eigenvalue weighted by Gasteiger charge is -2.22. The smallest absolute Gasteiger partial charge is 0.119 e. The van der Waals surface area contributed by atoms with Gasteiger partial charge in [0.2, 0.25) is 0 Å². The van der Waals surface area contributed by atoms with E-state index in [2.05, 4.69) is 4.84 Å². The molecule has 1 atom stereocenters. The molecule has 0 heterocycles. The molecule has 0 aliphatic rings. The summed E-state index contributed by atoms with van der Waals surface area (Å²) < 4.78 is 5.04. The van der Waals surface area contributed by atoms with Gasteiger partial charge in [-0.25, -0.2) is 5.90 Å². The maximum atomic E-state index is 9.95. The minimum absolute atomic E-state index is 0.0418. The van der Waals surface area contributed by atoms with Gasteiger partial charge in [-0.2, -0.15) is 0 Å². The molecule has 0 spiro atoms. The Morgan fingerprint density at radius 1 is 1.50 bits per heavy atom. The molecule has 1 unspecified atom stereocenters. The van der Waals surface area contributed by atoms with Gasteiger partial charge in [-0.05, 0) is 24.6 Å². The summed E-state index contributed by atoms with van der Waals surface area (Å²) in [5, 5.41) is 9.95. The number of ether oxygens (including phenoxy) is 1. The number of hydrogen-bond donors (Lipinski definition) is 2. The predicted molar refractivity (Wildman–Crippen MR) is 52.7 cm³/mol. The second kappa shape index (κ2) is 4.41. The Morgan fingerprint density at radius 2 is 2.21 bits per heavy atom. The van der Waals surface area contributed by atoms with Crippen LogP contribution in [0.4, 0.5) is 0 Å². The first kappa shape index (κ1) is 11.0. The summed E-state index contributed by atoms with van der Waals surface area (Å²) >= 11 is 0. The van der Waals surface area contributed by atoms with E-state index in [9.17, 15) is 5.11 Å². The Morgan fingerprint density at radius 3 is 2.79 bits per heavy atom. The van der Waals surface area contributed by atoms with E-state index in [-0.39, 0.29) is 6.61 Å². The van der Waals surface area contributed by atoms with Crippen LogP contribution in [0.3, 0.4) is 0 Å². The molecule has 4 heteroatoms. The molecule has 1 aromatic rings. The van der Waals surface area contributed by atoms with Crippen molar-refractivity contribution >= 4 is 0 Å². The van der Waals surface area contributed by atoms with E-state index in [1.807, 2.05) is 6.07 Å². The van der Waals surface area contributed by atoms with E-state index in [1.165, 1.54) is 0 Å². The van der Waals surface area contributed by atoms with Crippen molar-refractivity contribution in [3.8, 4) is 5.75 Å². The predicted octanol–water partition coefficient (Wildman–Crippen LogP) is 0.793. The number of hydrogen-bond acceptors (Lipinski definition) is 4. The monoisotopic (exact) mass is 197 g/mol. The van der Waals surface area contributed by atoms with Gasteiger partial charge in [0.1, 0.15) is 18.0 Å². The molecular weight excluding hydrogens is 182 g/mol. The Bertz CT molecular complexity index is 299. The summed E-state index contributed by atoms with van der Waals surface area (Å²) in [5.41, 5.74) is -0.383. The molecule has 3 N–H and O–H groups in total. The van der Waals surface area contributed by atoms with Crippen LogP contribution in [0.2, 0.25) is 0 Å². The highest BCUT2D eigenvalue weighted by molar-refractivity contribution is 5.31. The van der Waals surface area contributed by atoms with Gasteiger partial charge in [-0.1, -0.05) is 12.1 Å². The van der Waals surface area contributed by atoms with Crippen LogP contribution in [-0.2, 0) is 10.4 Å². The molecule has 0 radical (unpaired) electrons. The van der Waals surface area contributed by atoms with Gasteiger partial charge in [0, 0.05) is 0 Å². The van der Waals surface area contributed by atoms with Crippen molar-refractivity contribution < 1.29 is 14.7 Å². The summed E-state index contributed by atoms with van der Waals surface area (Å²) in [4.78, 5) is 4.44. The Balaban J connectivity index is 2.93. The van der Waals surface area contributed by atoms with E-state index >= 15 is 0 Å². The van der Waals surface area contributed by atoms with Gasteiger partial charge in [0.15, 0.2) is 0 Å². The van der Waals surface area contributed by atoms with Gasteiger partial charge in [0.05, 0.1) is 7.11 Å². The number of aliphatic hydroxyl groups is 1. The van der Waals surface area contributed by atoms with Crippen LogP contribution in [0, 0.1) is 0 Å². The fraction of sp³-hybridized carbons (Fsp3) is 0.400. The quantitative estimate of drug-likeness (QED) is 0.700. The van der Waals surface area contributed by atoms with Gasteiger partial charge < -0.3 is 14.7 Å². The van der Waals surface area contributed by atoms with Gasteiger partial charge in [-0.3, -0.25) is 0 Å². The highest BCUT2D eigenvalue weighted by atomic mass is 16.6. The summed E-state index contributed by atoms with van der Waals surface area (Å²) in [7, 11) is 1.58. The van der Waals surface area contributed by atoms with E-state index in [1.54, 1.807) is 32.2 Å². The number of benzene rings is 1. The summed E-state index contributed by atoms with van der Waals surface area (Å²) in [6, 6.07) is 7.16. The van der Waals surface area contributed by atoms with E-state index in [4.69, 9.17) is 10.6 Å². The van der Waals surface area contributed by atoms with Gasteiger partial charge in [0.25, 0.3) is 0 Å². The topological polar surface area (TPSA) is 64.7 Å². The van der Waals surface area contributed by atoms with Crippen molar-refractivity contribution in [1.82, 2.24) is 0 Å². The summed E-state index contributed by atoms with van der Waals surface area (Å²) in [5.74, 6) is 5.63. The molecule has 0 fully saturated rings. The molecule has 0 aliphatic carbocycles. The number of rotatable bonds is 4. The molecule has 0 aromatic heterocycles. The first-order valence-electron chi connectivity index (χ1n) is 4.29. The van der Waals surface area contributed by atoms with E-state index in [0.29, 0.717) is 11.3 Å². The van der Waals surface area contributed by atoms with Gasteiger partial charge in [-0.15, -0.1) is 0 Å². The van der Waals surface area contributed by atoms with Crippen molar-refractivity contribution in [1.29, 1.82) is 0 Å². The van der Waals surface area contributed by atoms with Crippen molar-refractivity contribution in [2.45, 2.75) is 12.5 Å². The third kappa shape index (κ3) is 2.45. The Hall–Kier alpha value is -1.10. The minimum atomic E-state index is -1.09. The first-order chi connectivity index (χ1) is 6.60. The van der Waals surface area contributed by atoms with Crippen LogP contribution < -0.4 is 10.6 Å². The maximum absolute atomic E-state index is 9.95. The fourth-order valence-electron chi connectivity index (χ4n) is 1.20. The standard InChI is InChI=1S/C10H15NO3/c1-10(12,7-14-11)8-4-3-5-9(6-8)13-2/h3-6,12H,7,11H2,1-2H3. The van der Waals surface area contributed by atoms with Crippen LogP contribution in [0.15, 0.2) is 24.3 Å². The molecule has 1 rings (SSSR count). The molecule has 0 bridgehead atoms. The SMILES string of the molecule is COc1cccc(C(C)(O)CON)c1. The Labute approximate surface area is 83.2 Å². The zero-order chi connectivity index (χ0) is 10.6. The first-order valence-corrected chi connectivity index (χ1v) is 4.29. The second-order valence-electron chi connectivity index (χ2n) is 3.32. The normalized spacial score (nSPS) is 14.9. The van der Waals surface area contributed by atoms with Crippen molar-refractivity contribution in [3.63, 3.8) is 0 Å².